The molecule has 0 unspecified atom stereocenters. The smallest absolute Gasteiger partial charge is 0.195 e. The van der Waals surface area contributed by atoms with Crippen LogP contribution in [0, 0.1) is 34.7 Å². The maximum atomic E-state index is 13.7. The van der Waals surface area contributed by atoms with Crippen LogP contribution in [0.5, 0.6) is 0 Å². The highest BCUT2D eigenvalue weighted by Crippen LogP contribution is 2.40. The van der Waals surface area contributed by atoms with E-state index in [0.29, 0.717) is 18.8 Å². The van der Waals surface area contributed by atoms with Gasteiger partial charge in [0, 0.05) is 5.92 Å². The summed E-state index contributed by atoms with van der Waals surface area (Å²) in [6, 6.07) is 1.86. The zero-order valence-corrected chi connectivity index (χ0v) is 12.7. The molecule has 1 saturated carbocycles. The molecule has 1 aliphatic carbocycles. The zero-order chi connectivity index (χ0) is 15.8. The molecule has 1 aliphatic rings. The molecule has 1 nitrogen and oxygen atoms in total. The Kier molecular flexibility index (Phi) is 4.45. The largest absolute Gasteiger partial charge is 0.294 e. The van der Waals surface area contributed by atoms with Gasteiger partial charge in [-0.1, -0.05) is 20.8 Å². The number of hydrogen-bond acceptors (Lipinski definition) is 1. The van der Waals surface area contributed by atoms with Gasteiger partial charge in [0.1, 0.15) is 0 Å². The van der Waals surface area contributed by atoms with Gasteiger partial charge in [0.25, 0.3) is 0 Å². The van der Waals surface area contributed by atoms with Gasteiger partial charge < -0.3 is 0 Å². The topological polar surface area (TPSA) is 17.1 Å². The summed E-state index contributed by atoms with van der Waals surface area (Å²) in [5, 5.41) is 0. The van der Waals surface area contributed by atoms with E-state index in [1.807, 2.05) is 0 Å². The first-order valence-electron chi connectivity index (χ1n) is 7.39. The minimum absolute atomic E-state index is 0.196. The number of halogens is 3. The fraction of sp³-hybridized carbons (Fsp3) is 0.588. The fourth-order valence-electron chi connectivity index (χ4n) is 3.16. The van der Waals surface area contributed by atoms with E-state index in [0.717, 1.165) is 25.0 Å². The van der Waals surface area contributed by atoms with E-state index >= 15 is 0 Å². The number of rotatable bonds is 2. The zero-order valence-electron chi connectivity index (χ0n) is 12.7. The number of carbonyl (C=O) groups excluding carboxylic acids is 1. The lowest BCUT2D eigenvalue weighted by Crippen LogP contribution is -2.29. The third-order valence-corrected chi connectivity index (χ3v) is 4.62. The highest BCUT2D eigenvalue weighted by Gasteiger charge is 2.33. The molecule has 0 heterocycles. The number of benzene rings is 1. The second-order valence-electron chi connectivity index (χ2n) is 7.00. The average Bonchev–Trinajstić information content (AvgIpc) is 2.43. The summed E-state index contributed by atoms with van der Waals surface area (Å²) in [6.45, 7) is 6.53. The Bertz CT molecular complexity index is 538. The summed E-state index contributed by atoms with van der Waals surface area (Å²) in [5.74, 6) is -4.35. The van der Waals surface area contributed by atoms with Crippen LogP contribution in [-0.4, -0.2) is 5.78 Å². The molecule has 116 valence electrons. The Morgan fingerprint density at radius 2 is 1.57 bits per heavy atom. The van der Waals surface area contributed by atoms with Gasteiger partial charge in [-0.25, -0.2) is 13.2 Å². The monoisotopic (exact) mass is 298 g/mol. The molecule has 0 amide bonds. The van der Waals surface area contributed by atoms with Gasteiger partial charge in [-0.2, -0.15) is 0 Å². The Balaban J connectivity index is 2.11. The Labute approximate surface area is 123 Å². The second kappa shape index (κ2) is 5.82. The molecule has 2 rings (SSSR count). The van der Waals surface area contributed by atoms with E-state index in [4.69, 9.17) is 0 Å². The third-order valence-electron chi connectivity index (χ3n) is 4.62. The van der Waals surface area contributed by atoms with Crippen molar-refractivity contribution in [2.75, 3.05) is 0 Å². The Morgan fingerprint density at radius 1 is 1.00 bits per heavy atom. The maximum absolute atomic E-state index is 13.7. The van der Waals surface area contributed by atoms with E-state index in [9.17, 15) is 18.0 Å². The Hall–Kier alpha value is -1.32. The standard InChI is InChI=1S/C17H21F3O/c1-17(2,3)11-6-4-10(5-7-11)16(21)12-8-9-13(18)15(20)14(12)19/h8-11H,4-7H2,1-3H3. The predicted molar refractivity (Wildman–Crippen MR) is 75.5 cm³/mol. The SMILES string of the molecule is CC(C)(C)C1CCC(C(=O)c2ccc(F)c(F)c2F)CC1. The quantitative estimate of drug-likeness (QED) is 0.546. The van der Waals surface area contributed by atoms with Gasteiger partial charge >= 0.3 is 0 Å². The van der Waals surface area contributed by atoms with Crippen molar-refractivity contribution in [2.24, 2.45) is 17.3 Å². The van der Waals surface area contributed by atoms with Gasteiger partial charge in [0.15, 0.2) is 23.2 Å². The summed E-state index contributed by atoms with van der Waals surface area (Å²) < 4.78 is 39.9. The highest BCUT2D eigenvalue weighted by molar-refractivity contribution is 5.98. The molecule has 0 radical (unpaired) electrons. The number of Topliss-reactive ketones (excluding diaryl/α,β-unsaturated/α-hetero) is 1. The van der Waals surface area contributed by atoms with Crippen molar-refractivity contribution in [3.05, 3.63) is 35.1 Å². The first-order valence-corrected chi connectivity index (χ1v) is 7.39. The van der Waals surface area contributed by atoms with Crippen LogP contribution in [-0.2, 0) is 0 Å². The van der Waals surface area contributed by atoms with E-state index in [-0.39, 0.29) is 16.9 Å². The van der Waals surface area contributed by atoms with E-state index < -0.39 is 23.2 Å². The normalized spacial score (nSPS) is 23.1. The van der Waals surface area contributed by atoms with Crippen LogP contribution in [0.25, 0.3) is 0 Å². The molecule has 0 spiro atoms. The minimum atomic E-state index is -1.57. The summed E-state index contributed by atoms with van der Waals surface area (Å²) in [6.07, 6.45) is 3.18. The van der Waals surface area contributed by atoms with E-state index in [2.05, 4.69) is 20.8 Å². The molecule has 0 bridgehead atoms. The van der Waals surface area contributed by atoms with Crippen LogP contribution < -0.4 is 0 Å². The van der Waals surface area contributed by atoms with Gasteiger partial charge in [0.2, 0.25) is 0 Å². The van der Waals surface area contributed by atoms with Crippen molar-refractivity contribution >= 4 is 5.78 Å². The average molecular weight is 298 g/mol. The van der Waals surface area contributed by atoms with Crippen LogP contribution in [0.4, 0.5) is 13.2 Å². The lowest BCUT2D eigenvalue weighted by molar-refractivity contribution is 0.0814. The maximum Gasteiger partial charge on any atom is 0.195 e. The van der Waals surface area contributed by atoms with Crippen molar-refractivity contribution in [2.45, 2.75) is 46.5 Å². The molecular weight excluding hydrogens is 277 g/mol. The summed E-state index contributed by atoms with van der Waals surface area (Å²) in [5.41, 5.74) is -0.130. The number of hydrogen-bond donors (Lipinski definition) is 0. The van der Waals surface area contributed by atoms with Crippen LogP contribution >= 0.6 is 0 Å². The van der Waals surface area contributed by atoms with Crippen molar-refractivity contribution in [1.82, 2.24) is 0 Å². The first kappa shape index (κ1) is 16.1. The van der Waals surface area contributed by atoms with Crippen LogP contribution in [0.1, 0.15) is 56.8 Å². The molecule has 0 saturated heterocycles. The summed E-state index contributed by atoms with van der Waals surface area (Å²) in [4.78, 5) is 12.3. The molecule has 0 aromatic heterocycles. The molecular formula is C17H21F3O. The van der Waals surface area contributed by atoms with Crippen molar-refractivity contribution in [1.29, 1.82) is 0 Å². The molecule has 1 aromatic rings. The van der Waals surface area contributed by atoms with E-state index in [1.54, 1.807) is 0 Å². The minimum Gasteiger partial charge on any atom is -0.294 e. The van der Waals surface area contributed by atoms with E-state index in [1.165, 1.54) is 0 Å². The predicted octanol–water partition coefficient (Wildman–Crippen LogP) is 5.14. The lowest BCUT2D eigenvalue weighted by atomic mass is 9.68. The van der Waals surface area contributed by atoms with Gasteiger partial charge in [-0.15, -0.1) is 0 Å². The molecule has 1 fully saturated rings. The van der Waals surface area contributed by atoms with Gasteiger partial charge in [0.05, 0.1) is 5.56 Å². The number of ketones is 1. The number of carbonyl (C=O) groups is 1. The lowest BCUT2D eigenvalue weighted by Gasteiger charge is -2.36. The van der Waals surface area contributed by atoms with Gasteiger partial charge in [-0.3, -0.25) is 4.79 Å². The van der Waals surface area contributed by atoms with Crippen LogP contribution in [0.3, 0.4) is 0 Å². The Morgan fingerprint density at radius 3 is 2.10 bits per heavy atom. The van der Waals surface area contributed by atoms with Crippen molar-refractivity contribution in [3.63, 3.8) is 0 Å². The summed E-state index contributed by atoms with van der Waals surface area (Å²) >= 11 is 0. The van der Waals surface area contributed by atoms with Crippen LogP contribution in [0.2, 0.25) is 0 Å². The second-order valence-corrected chi connectivity index (χ2v) is 7.00. The molecule has 0 atom stereocenters. The third kappa shape index (κ3) is 3.30. The highest BCUT2D eigenvalue weighted by atomic mass is 19.2. The summed E-state index contributed by atoms with van der Waals surface area (Å²) in [7, 11) is 0. The van der Waals surface area contributed by atoms with Crippen molar-refractivity contribution in [3.8, 4) is 0 Å². The molecule has 0 N–H and O–H groups in total. The molecule has 1 aromatic carbocycles. The van der Waals surface area contributed by atoms with Gasteiger partial charge in [-0.05, 0) is 49.1 Å². The first-order chi connectivity index (χ1) is 9.71. The van der Waals surface area contributed by atoms with Crippen molar-refractivity contribution < 1.29 is 18.0 Å². The van der Waals surface area contributed by atoms with Crippen LogP contribution in [0.15, 0.2) is 12.1 Å². The molecule has 21 heavy (non-hydrogen) atoms. The molecule has 4 heteroatoms. The molecule has 0 aliphatic heterocycles. The fourth-order valence-corrected chi connectivity index (χ4v) is 3.16.